The molecule has 0 spiro atoms. The number of ether oxygens (including phenoxy) is 1. The number of anilines is 1. The molecule has 25 heavy (non-hydrogen) atoms. The molecule has 1 aliphatic rings. The van der Waals surface area contributed by atoms with Crippen LogP contribution in [0.5, 0.6) is 5.75 Å². The fourth-order valence-corrected chi connectivity index (χ4v) is 3.08. The number of amides is 1. The van der Waals surface area contributed by atoms with Gasteiger partial charge in [0.25, 0.3) is 5.91 Å². The standard InChI is InChI=1S/C20H23ClN2O2/c1-15(2)25-19-9-7-18(8-10-19)22-11-13-23(14-12-22)20(24)16-3-5-17(21)6-4-16/h3-10,15H,11-14H2,1-2H3. The Morgan fingerprint density at radius 2 is 1.56 bits per heavy atom. The smallest absolute Gasteiger partial charge is 0.253 e. The second kappa shape index (κ2) is 7.79. The molecule has 3 rings (SSSR count). The maximum atomic E-state index is 12.5. The summed E-state index contributed by atoms with van der Waals surface area (Å²) >= 11 is 5.89. The van der Waals surface area contributed by atoms with Gasteiger partial charge in [-0.1, -0.05) is 11.6 Å². The Morgan fingerprint density at radius 1 is 0.960 bits per heavy atom. The molecule has 132 valence electrons. The average Bonchev–Trinajstić information content (AvgIpc) is 2.62. The zero-order valence-electron chi connectivity index (χ0n) is 14.6. The van der Waals surface area contributed by atoms with E-state index < -0.39 is 0 Å². The predicted molar refractivity (Wildman–Crippen MR) is 102 cm³/mol. The van der Waals surface area contributed by atoms with Gasteiger partial charge in [-0.25, -0.2) is 0 Å². The van der Waals surface area contributed by atoms with E-state index in [-0.39, 0.29) is 12.0 Å². The van der Waals surface area contributed by atoms with Gasteiger partial charge in [0.2, 0.25) is 0 Å². The first-order valence-corrected chi connectivity index (χ1v) is 8.97. The minimum atomic E-state index is 0.0667. The lowest BCUT2D eigenvalue weighted by Gasteiger charge is -2.36. The summed E-state index contributed by atoms with van der Waals surface area (Å²) in [4.78, 5) is 16.7. The molecule has 0 bridgehead atoms. The van der Waals surface area contributed by atoms with Gasteiger partial charge in [-0.15, -0.1) is 0 Å². The fraction of sp³-hybridized carbons (Fsp3) is 0.350. The Bertz CT molecular complexity index is 705. The van der Waals surface area contributed by atoms with Gasteiger partial charge in [-0.2, -0.15) is 0 Å². The third-order valence-electron chi connectivity index (χ3n) is 4.23. The fourth-order valence-electron chi connectivity index (χ4n) is 2.95. The summed E-state index contributed by atoms with van der Waals surface area (Å²) in [7, 11) is 0. The molecule has 1 heterocycles. The average molecular weight is 359 g/mol. The van der Waals surface area contributed by atoms with Gasteiger partial charge in [0.1, 0.15) is 5.75 Å². The van der Waals surface area contributed by atoms with Crippen LogP contribution in [-0.2, 0) is 0 Å². The first kappa shape index (κ1) is 17.6. The molecular weight excluding hydrogens is 336 g/mol. The molecule has 1 aliphatic heterocycles. The molecule has 0 N–H and O–H groups in total. The van der Waals surface area contributed by atoms with Gasteiger partial charge in [0, 0.05) is 42.5 Å². The van der Waals surface area contributed by atoms with E-state index in [0.717, 1.165) is 24.5 Å². The summed E-state index contributed by atoms with van der Waals surface area (Å²) in [5.74, 6) is 0.951. The maximum absolute atomic E-state index is 12.5. The van der Waals surface area contributed by atoms with Crippen LogP contribution in [0.3, 0.4) is 0 Å². The number of halogens is 1. The lowest BCUT2D eigenvalue weighted by Crippen LogP contribution is -2.48. The number of rotatable bonds is 4. The summed E-state index contributed by atoms with van der Waals surface area (Å²) in [6.07, 6.45) is 0.174. The van der Waals surface area contributed by atoms with Crippen LogP contribution in [-0.4, -0.2) is 43.1 Å². The minimum absolute atomic E-state index is 0.0667. The first-order chi connectivity index (χ1) is 12.0. The predicted octanol–water partition coefficient (Wildman–Crippen LogP) is 4.09. The van der Waals surface area contributed by atoms with Gasteiger partial charge in [0.05, 0.1) is 6.10 Å². The second-order valence-corrected chi connectivity index (χ2v) is 6.88. The van der Waals surface area contributed by atoms with Crippen molar-refractivity contribution in [3.05, 3.63) is 59.1 Å². The van der Waals surface area contributed by atoms with E-state index in [1.54, 1.807) is 24.3 Å². The summed E-state index contributed by atoms with van der Waals surface area (Å²) in [6, 6.07) is 15.2. The van der Waals surface area contributed by atoms with Crippen LogP contribution >= 0.6 is 11.6 Å². The lowest BCUT2D eigenvalue weighted by atomic mass is 10.1. The lowest BCUT2D eigenvalue weighted by molar-refractivity contribution is 0.0747. The molecular formula is C20H23ClN2O2. The monoisotopic (exact) mass is 358 g/mol. The SMILES string of the molecule is CC(C)Oc1ccc(N2CCN(C(=O)c3ccc(Cl)cc3)CC2)cc1. The molecule has 0 aliphatic carbocycles. The van der Waals surface area contributed by atoms with E-state index in [1.807, 2.05) is 30.9 Å². The number of nitrogens with zero attached hydrogens (tertiary/aromatic N) is 2. The molecule has 0 aromatic heterocycles. The molecule has 2 aromatic carbocycles. The molecule has 5 heteroatoms. The Kier molecular flexibility index (Phi) is 5.49. The van der Waals surface area contributed by atoms with Crippen molar-refractivity contribution in [1.29, 1.82) is 0 Å². The maximum Gasteiger partial charge on any atom is 0.253 e. The quantitative estimate of drug-likeness (QED) is 0.825. The van der Waals surface area contributed by atoms with Crippen molar-refractivity contribution in [3.8, 4) is 5.75 Å². The summed E-state index contributed by atoms with van der Waals surface area (Å²) in [5.41, 5.74) is 1.85. The Hall–Kier alpha value is -2.20. The van der Waals surface area contributed by atoms with E-state index >= 15 is 0 Å². The van der Waals surface area contributed by atoms with Crippen molar-refractivity contribution in [2.24, 2.45) is 0 Å². The van der Waals surface area contributed by atoms with Crippen LogP contribution < -0.4 is 9.64 Å². The summed E-state index contributed by atoms with van der Waals surface area (Å²) in [6.45, 7) is 7.11. The highest BCUT2D eigenvalue weighted by Crippen LogP contribution is 2.22. The molecule has 1 fully saturated rings. The Balaban J connectivity index is 1.58. The Labute approximate surface area is 154 Å². The van der Waals surface area contributed by atoms with Crippen molar-refractivity contribution in [3.63, 3.8) is 0 Å². The van der Waals surface area contributed by atoms with Crippen LogP contribution in [0.2, 0.25) is 5.02 Å². The number of benzene rings is 2. The number of hydrogen-bond acceptors (Lipinski definition) is 3. The summed E-state index contributed by atoms with van der Waals surface area (Å²) in [5, 5.41) is 0.645. The topological polar surface area (TPSA) is 32.8 Å². The van der Waals surface area contributed by atoms with E-state index in [4.69, 9.17) is 16.3 Å². The minimum Gasteiger partial charge on any atom is -0.491 e. The van der Waals surface area contributed by atoms with Crippen LogP contribution in [0, 0.1) is 0 Å². The number of piperazine rings is 1. The molecule has 0 saturated carbocycles. The molecule has 4 nitrogen and oxygen atoms in total. The molecule has 1 amide bonds. The molecule has 1 saturated heterocycles. The third-order valence-corrected chi connectivity index (χ3v) is 4.48. The number of carbonyl (C=O) groups is 1. The van der Waals surface area contributed by atoms with Crippen molar-refractivity contribution < 1.29 is 9.53 Å². The third kappa shape index (κ3) is 4.45. The normalized spacial score (nSPS) is 14.7. The molecule has 2 aromatic rings. The highest BCUT2D eigenvalue weighted by Gasteiger charge is 2.22. The zero-order valence-corrected chi connectivity index (χ0v) is 15.4. The molecule has 0 unspecified atom stereocenters. The van der Waals surface area contributed by atoms with Crippen LogP contribution in [0.25, 0.3) is 0 Å². The Morgan fingerprint density at radius 3 is 2.12 bits per heavy atom. The van der Waals surface area contributed by atoms with Gasteiger partial charge in [-0.3, -0.25) is 4.79 Å². The van der Waals surface area contributed by atoms with Crippen molar-refractivity contribution in [2.45, 2.75) is 20.0 Å². The van der Waals surface area contributed by atoms with E-state index in [9.17, 15) is 4.79 Å². The second-order valence-electron chi connectivity index (χ2n) is 6.45. The van der Waals surface area contributed by atoms with Crippen LogP contribution in [0.4, 0.5) is 5.69 Å². The van der Waals surface area contributed by atoms with Crippen LogP contribution in [0.15, 0.2) is 48.5 Å². The first-order valence-electron chi connectivity index (χ1n) is 8.59. The van der Waals surface area contributed by atoms with Crippen molar-refractivity contribution in [1.82, 2.24) is 4.90 Å². The van der Waals surface area contributed by atoms with Gasteiger partial charge in [-0.05, 0) is 62.4 Å². The van der Waals surface area contributed by atoms with E-state index in [0.29, 0.717) is 23.7 Å². The number of hydrogen-bond donors (Lipinski definition) is 0. The number of carbonyl (C=O) groups excluding carboxylic acids is 1. The highest BCUT2D eigenvalue weighted by atomic mass is 35.5. The van der Waals surface area contributed by atoms with Gasteiger partial charge >= 0.3 is 0 Å². The van der Waals surface area contributed by atoms with Gasteiger partial charge < -0.3 is 14.5 Å². The molecule has 0 radical (unpaired) electrons. The van der Waals surface area contributed by atoms with Crippen LogP contribution in [0.1, 0.15) is 24.2 Å². The van der Waals surface area contributed by atoms with Gasteiger partial charge in [0.15, 0.2) is 0 Å². The van der Waals surface area contributed by atoms with E-state index in [2.05, 4.69) is 17.0 Å². The molecule has 0 atom stereocenters. The zero-order chi connectivity index (χ0) is 17.8. The largest absolute Gasteiger partial charge is 0.491 e. The summed E-state index contributed by atoms with van der Waals surface area (Å²) < 4.78 is 5.68. The van der Waals surface area contributed by atoms with Crippen molar-refractivity contribution in [2.75, 3.05) is 31.1 Å². The van der Waals surface area contributed by atoms with Crippen molar-refractivity contribution >= 4 is 23.2 Å². The van der Waals surface area contributed by atoms with E-state index in [1.165, 1.54) is 0 Å². The highest BCUT2D eigenvalue weighted by molar-refractivity contribution is 6.30.